The number of carbonyl (C=O) groups excluding carboxylic acids is 1. The van der Waals surface area contributed by atoms with E-state index in [1.54, 1.807) is 35.7 Å². The Morgan fingerprint density at radius 3 is 2.78 bits per heavy atom. The van der Waals surface area contributed by atoms with E-state index in [9.17, 15) is 19.1 Å². The summed E-state index contributed by atoms with van der Waals surface area (Å²) in [6.45, 7) is 5.93. The minimum absolute atomic E-state index is 0.148. The highest BCUT2D eigenvalue weighted by molar-refractivity contribution is 6.04. The van der Waals surface area contributed by atoms with Gasteiger partial charge >= 0.3 is 12.1 Å². The van der Waals surface area contributed by atoms with Gasteiger partial charge in [0.15, 0.2) is 0 Å². The van der Waals surface area contributed by atoms with Crippen LogP contribution < -0.4 is 10.2 Å². The number of halogens is 1. The van der Waals surface area contributed by atoms with Crippen molar-refractivity contribution in [1.82, 2.24) is 24.4 Å². The average Bonchev–Trinajstić information content (AvgIpc) is 3.51. The van der Waals surface area contributed by atoms with Crippen LogP contribution in [0.15, 0.2) is 47.2 Å². The summed E-state index contributed by atoms with van der Waals surface area (Å²) in [6, 6.07) is 7.97. The van der Waals surface area contributed by atoms with Crippen LogP contribution in [0.1, 0.15) is 29.9 Å². The number of hydrogen-bond donors (Lipinski definition) is 2. The molecule has 1 fully saturated rings. The highest BCUT2D eigenvalue weighted by atomic mass is 19.1. The zero-order valence-corrected chi connectivity index (χ0v) is 19.8. The van der Waals surface area contributed by atoms with Crippen LogP contribution in [0, 0.1) is 12.7 Å². The summed E-state index contributed by atoms with van der Waals surface area (Å²) >= 11 is 0. The second-order valence-corrected chi connectivity index (χ2v) is 8.71. The van der Waals surface area contributed by atoms with Crippen molar-refractivity contribution in [1.29, 1.82) is 0 Å². The molecule has 5 rings (SSSR count). The molecule has 4 aromatic rings. The van der Waals surface area contributed by atoms with E-state index < -0.39 is 17.8 Å². The van der Waals surface area contributed by atoms with Crippen molar-refractivity contribution in [2.24, 2.45) is 0 Å². The van der Waals surface area contributed by atoms with Gasteiger partial charge in [-0.15, -0.1) is 0 Å². The summed E-state index contributed by atoms with van der Waals surface area (Å²) < 4.78 is 21.9. The van der Waals surface area contributed by atoms with Crippen molar-refractivity contribution in [2.45, 2.75) is 32.9 Å². The molecule has 0 aliphatic carbocycles. The summed E-state index contributed by atoms with van der Waals surface area (Å²) in [5.41, 5.74) is 1.78. The Bertz CT molecular complexity index is 1470. The lowest BCUT2D eigenvalue weighted by Crippen LogP contribution is -2.59. The number of piperazine rings is 1. The van der Waals surface area contributed by atoms with Gasteiger partial charge in [0.1, 0.15) is 17.2 Å². The Kier molecular flexibility index (Phi) is 5.78. The molecule has 1 saturated heterocycles. The molecule has 3 aromatic heterocycles. The summed E-state index contributed by atoms with van der Waals surface area (Å²) in [5, 5.41) is 16.1. The summed E-state index contributed by atoms with van der Waals surface area (Å²) in [7, 11) is 0. The molecule has 2 amide bonds. The number of hydrogen-bond acceptors (Lipinski definition) is 7. The van der Waals surface area contributed by atoms with E-state index in [1.807, 2.05) is 24.8 Å². The Balaban J connectivity index is 1.40. The van der Waals surface area contributed by atoms with E-state index in [0.717, 1.165) is 0 Å². The van der Waals surface area contributed by atoms with Crippen LogP contribution in [0.2, 0.25) is 0 Å². The Morgan fingerprint density at radius 2 is 2.00 bits per heavy atom. The molecule has 1 aromatic carbocycles. The quantitative estimate of drug-likeness (QED) is 0.441. The van der Waals surface area contributed by atoms with Crippen molar-refractivity contribution >= 4 is 29.3 Å². The van der Waals surface area contributed by atoms with Gasteiger partial charge in [0.2, 0.25) is 5.82 Å². The monoisotopic (exact) mass is 493 g/mol. The first-order valence-corrected chi connectivity index (χ1v) is 11.4. The molecule has 1 aliphatic rings. The van der Waals surface area contributed by atoms with Gasteiger partial charge in [0.25, 0.3) is 5.91 Å². The zero-order chi connectivity index (χ0) is 25.6. The third-order valence-corrected chi connectivity index (χ3v) is 6.67. The number of benzene rings is 1. The molecular formula is C24H24FN7O4. The Labute approximate surface area is 205 Å². The predicted molar refractivity (Wildman–Crippen MR) is 129 cm³/mol. The molecule has 2 unspecified atom stereocenters. The average molecular weight is 493 g/mol. The molecule has 0 spiro atoms. The van der Waals surface area contributed by atoms with Gasteiger partial charge in [-0.05, 0) is 45.0 Å². The first kappa shape index (κ1) is 23.3. The van der Waals surface area contributed by atoms with Gasteiger partial charge < -0.3 is 24.7 Å². The lowest BCUT2D eigenvalue weighted by molar-refractivity contribution is 0.102. The van der Waals surface area contributed by atoms with E-state index >= 15 is 0 Å². The summed E-state index contributed by atoms with van der Waals surface area (Å²) in [4.78, 5) is 36.2. The summed E-state index contributed by atoms with van der Waals surface area (Å²) in [5.74, 6) is -0.833. The third-order valence-electron chi connectivity index (χ3n) is 6.67. The number of anilines is 2. The van der Waals surface area contributed by atoms with E-state index in [2.05, 4.69) is 20.4 Å². The van der Waals surface area contributed by atoms with Gasteiger partial charge in [-0.1, -0.05) is 11.2 Å². The molecular weight excluding hydrogens is 469 g/mol. The van der Waals surface area contributed by atoms with Crippen LogP contribution in [0.4, 0.5) is 20.9 Å². The van der Waals surface area contributed by atoms with Crippen LogP contribution in [0.5, 0.6) is 0 Å². The number of nitrogens with zero attached hydrogens (tertiary/aromatic N) is 6. The molecule has 0 bridgehead atoms. The zero-order valence-electron chi connectivity index (χ0n) is 19.8. The fourth-order valence-electron chi connectivity index (χ4n) is 4.36. The van der Waals surface area contributed by atoms with E-state index in [0.29, 0.717) is 23.4 Å². The van der Waals surface area contributed by atoms with Crippen LogP contribution in [0.3, 0.4) is 0 Å². The highest BCUT2D eigenvalue weighted by Gasteiger charge is 2.35. The maximum absolute atomic E-state index is 14.8. The second-order valence-electron chi connectivity index (χ2n) is 8.71. The number of amides is 2. The maximum atomic E-state index is 14.8. The smallest absolute Gasteiger partial charge is 0.407 e. The number of aromatic nitrogens is 4. The van der Waals surface area contributed by atoms with Gasteiger partial charge in [0.05, 0.1) is 18.3 Å². The van der Waals surface area contributed by atoms with Gasteiger partial charge in [-0.3, -0.25) is 9.20 Å². The Hall–Kier alpha value is -4.48. The van der Waals surface area contributed by atoms with Gasteiger partial charge in [-0.25, -0.2) is 14.2 Å². The lowest BCUT2D eigenvalue weighted by Gasteiger charge is -2.42. The minimum atomic E-state index is -0.978. The highest BCUT2D eigenvalue weighted by Crippen LogP contribution is 2.30. The molecule has 36 heavy (non-hydrogen) atoms. The molecule has 11 nitrogen and oxygen atoms in total. The van der Waals surface area contributed by atoms with Crippen molar-refractivity contribution in [3.63, 3.8) is 0 Å². The molecule has 12 heteroatoms. The van der Waals surface area contributed by atoms with Crippen LogP contribution in [0.25, 0.3) is 17.0 Å². The minimum Gasteiger partial charge on any atom is -0.465 e. The van der Waals surface area contributed by atoms with Crippen LogP contribution >= 0.6 is 0 Å². The normalized spacial score (nSPS) is 18.0. The van der Waals surface area contributed by atoms with Gasteiger partial charge in [0, 0.05) is 36.1 Å². The number of rotatable bonds is 4. The third kappa shape index (κ3) is 4.00. The van der Waals surface area contributed by atoms with Crippen molar-refractivity contribution in [2.75, 3.05) is 23.3 Å². The van der Waals surface area contributed by atoms with Crippen LogP contribution in [-0.4, -0.2) is 66.7 Å². The first-order valence-electron chi connectivity index (χ1n) is 11.4. The number of fused-ring (bicyclic) bond motifs is 1. The first-order chi connectivity index (χ1) is 17.2. The van der Waals surface area contributed by atoms with Crippen molar-refractivity contribution < 1.29 is 23.6 Å². The van der Waals surface area contributed by atoms with Crippen molar-refractivity contribution in [3.05, 3.63) is 59.8 Å². The molecule has 1 aliphatic heterocycles. The molecule has 0 radical (unpaired) electrons. The standard InChI is InChI=1S/C24H24FN7O4/c1-13-17(25)10-16(11-18(13)27-22(33)19-12-26-20-6-4-5-7-32(19)20)21-28-23(36-29-21)30-8-9-31(24(34)35)15(3)14(30)2/h4-7,10-12,14-15H,8-9H2,1-3H3,(H,27,33)(H,34,35). The SMILES string of the molecule is Cc1c(F)cc(-c2noc(N3CCN(C(=O)O)C(C)C3C)n2)cc1NC(=O)c1cnc2ccccn12. The predicted octanol–water partition coefficient (Wildman–Crippen LogP) is 3.66. The van der Waals surface area contributed by atoms with Gasteiger partial charge in [-0.2, -0.15) is 4.98 Å². The second kappa shape index (κ2) is 8.95. The topological polar surface area (TPSA) is 129 Å². The van der Waals surface area contributed by atoms with E-state index in [-0.39, 0.29) is 41.7 Å². The van der Waals surface area contributed by atoms with E-state index in [4.69, 9.17) is 4.52 Å². The van der Waals surface area contributed by atoms with E-state index in [1.165, 1.54) is 17.2 Å². The Morgan fingerprint density at radius 1 is 1.19 bits per heavy atom. The van der Waals surface area contributed by atoms with Crippen molar-refractivity contribution in [3.8, 4) is 11.4 Å². The number of nitrogens with one attached hydrogen (secondary N) is 1. The molecule has 186 valence electrons. The maximum Gasteiger partial charge on any atom is 0.407 e. The lowest BCUT2D eigenvalue weighted by atomic mass is 10.1. The fraction of sp³-hybridized carbons (Fsp3) is 0.292. The molecule has 0 saturated carbocycles. The number of carbonyl (C=O) groups is 2. The molecule has 2 atom stereocenters. The molecule has 2 N–H and O–H groups in total. The molecule has 4 heterocycles. The fourth-order valence-corrected chi connectivity index (χ4v) is 4.36. The number of imidazole rings is 1. The number of carboxylic acid groups (broad SMARTS) is 1. The van der Waals surface area contributed by atoms with Crippen LogP contribution in [-0.2, 0) is 0 Å². The number of pyridine rings is 1. The largest absolute Gasteiger partial charge is 0.465 e. The summed E-state index contributed by atoms with van der Waals surface area (Å²) in [6.07, 6.45) is 2.20.